The zero-order chi connectivity index (χ0) is 11.4. The molecule has 86 valence electrons. The minimum absolute atomic E-state index is 0.167. The number of hydrogen-bond donors (Lipinski definition) is 1. The summed E-state index contributed by atoms with van der Waals surface area (Å²) >= 11 is 3.18. The third kappa shape index (κ3) is 2.84. The maximum absolute atomic E-state index is 8.88. The van der Waals surface area contributed by atoms with E-state index in [0.29, 0.717) is 17.5 Å². The number of thiophene rings is 1. The van der Waals surface area contributed by atoms with Gasteiger partial charge in [-0.15, -0.1) is 23.1 Å². The number of hydrogen-bond acceptors (Lipinski definition) is 6. The van der Waals surface area contributed by atoms with Crippen LogP contribution in [0.5, 0.6) is 0 Å². The molecule has 0 aliphatic heterocycles. The Morgan fingerprint density at radius 3 is 3.19 bits per heavy atom. The first-order chi connectivity index (χ1) is 7.79. The first kappa shape index (κ1) is 11.6. The summed E-state index contributed by atoms with van der Waals surface area (Å²) in [6, 6.07) is 3.90. The molecule has 0 aliphatic rings. The van der Waals surface area contributed by atoms with Crippen molar-refractivity contribution in [3.05, 3.63) is 23.3 Å². The first-order valence-electron chi connectivity index (χ1n) is 4.88. The highest BCUT2D eigenvalue weighted by atomic mass is 32.2. The van der Waals surface area contributed by atoms with Crippen LogP contribution in [0.1, 0.15) is 12.7 Å². The second-order valence-corrected chi connectivity index (χ2v) is 5.67. The molecule has 0 saturated heterocycles. The van der Waals surface area contributed by atoms with Gasteiger partial charge < -0.3 is 9.63 Å². The van der Waals surface area contributed by atoms with Gasteiger partial charge in [-0.25, -0.2) is 0 Å². The average molecular weight is 256 g/mol. The van der Waals surface area contributed by atoms with Crippen LogP contribution >= 0.6 is 23.1 Å². The normalized spacial score (nSPS) is 12.9. The summed E-state index contributed by atoms with van der Waals surface area (Å²) in [5.74, 6) is 1.91. The number of aromatic nitrogens is 2. The van der Waals surface area contributed by atoms with Crippen molar-refractivity contribution < 1.29 is 9.63 Å². The van der Waals surface area contributed by atoms with Gasteiger partial charge in [-0.1, -0.05) is 18.1 Å². The molecule has 2 heterocycles. The topological polar surface area (TPSA) is 59.2 Å². The fraction of sp³-hybridized carbons (Fsp3) is 0.400. The molecule has 0 saturated carbocycles. The fourth-order valence-electron chi connectivity index (χ4n) is 1.08. The highest BCUT2D eigenvalue weighted by molar-refractivity contribution is 7.99. The number of aliphatic hydroxyl groups excluding tert-OH is 1. The number of rotatable bonds is 5. The molecule has 0 radical (unpaired) electrons. The van der Waals surface area contributed by atoms with Crippen LogP contribution < -0.4 is 0 Å². The Balaban J connectivity index is 1.98. The van der Waals surface area contributed by atoms with Crippen LogP contribution in [-0.2, 0) is 5.75 Å². The molecule has 0 aliphatic carbocycles. The van der Waals surface area contributed by atoms with Gasteiger partial charge in [0.2, 0.25) is 0 Å². The van der Waals surface area contributed by atoms with E-state index in [9.17, 15) is 0 Å². The van der Waals surface area contributed by atoms with Crippen molar-refractivity contribution in [2.24, 2.45) is 0 Å². The molecule has 16 heavy (non-hydrogen) atoms. The Bertz CT molecular complexity index is 428. The van der Waals surface area contributed by atoms with Crippen LogP contribution in [0.3, 0.4) is 0 Å². The van der Waals surface area contributed by atoms with E-state index in [1.165, 1.54) is 0 Å². The monoisotopic (exact) mass is 256 g/mol. The first-order valence-corrected chi connectivity index (χ1v) is 6.81. The minimum atomic E-state index is 0.167. The van der Waals surface area contributed by atoms with E-state index >= 15 is 0 Å². The Labute approximate surface area is 102 Å². The number of thioether (sulfide) groups is 1. The molecular weight excluding hydrogens is 244 g/mol. The van der Waals surface area contributed by atoms with Gasteiger partial charge in [-0.3, -0.25) is 0 Å². The second-order valence-electron chi connectivity index (χ2n) is 3.30. The van der Waals surface area contributed by atoms with Gasteiger partial charge in [0.15, 0.2) is 5.82 Å². The van der Waals surface area contributed by atoms with E-state index in [1.807, 2.05) is 24.4 Å². The largest absolute Gasteiger partial charge is 0.395 e. The van der Waals surface area contributed by atoms with Gasteiger partial charge in [-0.05, 0) is 11.4 Å². The average Bonchev–Trinajstić information content (AvgIpc) is 2.95. The summed E-state index contributed by atoms with van der Waals surface area (Å²) in [6.45, 7) is 2.13. The van der Waals surface area contributed by atoms with Gasteiger partial charge in [0.25, 0.3) is 5.89 Å². The second kappa shape index (κ2) is 5.47. The molecular formula is C10H12N2O2S2. The molecule has 0 aromatic carbocycles. The maximum atomic E-state index is 8.88. The molecule has 0 spiro atoms. The van der Waals surface area contributed by atoms with E-state index in [-0.39, 0.29) is 11.9 Å². The lowest BCUT2D eigenvalue weighted by Gasteiger charge is -2.03. The van der Waals surface area contributed by atoms with Gasteiger partial charge in [-0.2, -0.15) is 4.98 Å². The molecule has 1 atom stereocenters. The Morgan fingerprint density at radius 2 is 2.50 bits per heavy atom. The van der Waals surface area contributed by atoms with Crippen molar-refractivity contribution in [2.45, 2.75) is 17.9 Å². The molecule has 1 N–H and O–H groups in total. The van der Waals surface area contributed by atoms with Crippen LogP contribution in [-0.4, -0.2) is 27.1 Å². The summed E-state index contributed by atoms with van der Waals surface area (Å²) in [6.07, 6.45) is 0. The standard InChI is InChI=1S/C10H12N2O2S2/c1-7(5-13)16-6-9-11-10(14-12-9)8-3-2-4-15-8/h2-4,7,13H,5-6H2,1H3. The molecule has 4 nitrogen and oxygen atoms in total. The maximum Gasteiger partial charge on any atom is 0.268 e. The lowest BCUT2D eigenvalue weighted by atomic mass is 10.5. The van der Waals surface area contributed by atoms with Crippen LogP contribution in [0, 0.1) is 0 Å². The minimum Gasteiger partial charge on any atom is -0.395 e. The molecule has 0 amide bonds. The van der Waals surface area contributed by atoms with E-state index < -0.39 is 0 Å². The van der Waals surface area contributed by atoms with E-state index in [0.717, 1.165) is 4.88 Å². The smallest absolute Gasteiger partial charge is 0.268 e. The SMILES string of the molecule is CC(CO)SCc1noc(-c2cccs2)n1. The summed E-state index contributed by atoms with van der Waals surface area (Å²) < 4.78 is 5.15. The third-order valence-corrected chi connectivity index (χ3v) is 3.95. The zero-order valence-corrected chi connectivity index (χ0v) is 10.4. The number of nitrogens with zero attached hydrogens (tertiary/aromatic N) is 2. The highest BCUT2D eigenvalue weighted by Gasteiger charge is 2.10. The Morgan fingerprint density at radius 1 is 1.62 bits per heavy atom. The predicted molar refractivity (Wildman–Crippen MR) is 65.5 cm³/mol. The molecule has 0 fully saturated rings. The molecule has 2 rings (SSSR count). The van der Waals surface area contributed by atoms with Crippen LogP contribution in [0.25, 0.3) is 10.8 Å². The molecule has 6 heteroatoms. The van der Waals surface area contributed by atoms with Gasteiger partial charge in [0, 0.05) is 5.25 Å². The van der Waals surface area contributed by atoms with Crippen molar-refractivity contribution in [1.82, 2.24) is 10.1 Å². The Kier molecular flexibility index (Phi) is 3.98. The van der Waals surface area contributed by atoms with E-state index in [2.05, 4.69) is 10.1 Å². The summed E-state index contributed by atoms with van der Waals surface area (Å²) in [5, 5.41) is 15.0. The highest BCUT2D eigenvalue weighted by Crippen LogP contribution is 2.24. The van der Waals surface area contributed by atoms with Crippen LogP contribution in [0.2, 0.25) is 0 Å². The molecule has 0 bridgehead atoms. The summed E-state index contributed by atoms with van der Waals surface area (Å²) in [7, 11) is 0. The van der Waals surface area contributed by atoms with Crippen LogP contribution in [0.15, 0.2) is 22.0 Å². The van der Waals surface area contributed by atoms with Gasteiger partial charge >= 0.3 is 0 Å². The molecule has 2 aromatic heterocycles. The quantitative estimate of drug-likeness (QED) is 0.890. The Hall–Kier alpha value is -0.850. The fourth-order valence-corrected chi connectivity index (χ4v) is 2.38. The summed E-state index contributed by atoms with van der Waals surface area (Å²) in [4.78, 5) is 5.27. The lowest BCUT2D eigenvalue weighted by molar-refractivity contribution is 0.300. The van der Waals surface area contributed by atoms with Gasteiger partial charge in [0.1, 0.15) is 0 Å². The van der Waals surface area contributed by atoms with Crippen molar-refractivity contribution >= 4 is 23.1 Å². The van der Waals surface area contributed by atoms with Crippen molar-refractivity contribution in [3.63, 3.8) is 0 Å². The van der Waals surface area contributed by atoms with Crippen molar-refractivity contribution in [3.8, 4) is 10.8 Å². The summed E-state index contributed by atoms with van der Waals surface area (Å²) in [5.41, 5.74) is 0. The zero-order valence-electron chi connectivity index (χ0n) is 8.79. The van der Waals surface area contributed by atoms with Gasteiger partial charge in [0.05, 0.1) is 17.2 Å². The van der Waals surface area contributed by atoms with Crippen molar-refractivity contribution in [2.75, 3.05) is 6.61 Å². The number of aliphatic hydroxyl groups is 1. The molecule has 2 aromatic rings. The third-order valence-electron chi connectivity index (χ3n) is 1.95. The van der Waals surface area contributed by atoms with Crippen LogP contribution in [0.4, 0.5) is 0 Å². The van der Waals surface area contributed by atoms with E-state index in [4.69, 9.17) is 9.63 Å². The van der Waals surface area contributed by atoms with Crippen molar-refractivity contribution in [1.29, 1.82) is 0 Å². The van der Waals surface area contributed by atoms with E-state index in [1.54, 1.807) is 23.1 Å². The lowest BCUT2D eigenvalue weighted by Crippen LogP contribution is -2.02. The predicted octanol–water partition coefficient (Wildman–Crippen LogP) is 2.41. The molecule has 1 unspecified atom stereocenters.